The molecule has 0 aromatic heterocycles. The number of benzene rings is 1. The van der Waals surface area contributed by atoms with E-state index in [1.165, 1.54) is 11.1 Å². The summed E-state index contributed by atoms with van der Waals surface area (Å²) in [6, 6.07) is 6.58. The highest BCUT2D eigenvalue weighted by Gasteiger charge is 2.22. The van der Waals surface area contributed by atoms with Crippen LogP contribution in [0.4, 0.5) is 0 Å². The molecule has 2 nitrogen and oxygen atoms in total. The van der Waals surface area contributed by atoms with Gasteiger partial charge in [-0.1, -0.05) is 41.9 Å². The highest BCUT2D eigenvalue weighted by molar-refractivity contribution is 9.09. The minimum absolute atomic E-state index is 0.158. The van der Waals surface area contributed by atoms with Gasteiger partial charge in [-0.05, 0) is 17.2 Å². The minimum atomic E-state index is 0.158. The van der Waals surface area contributed by atoms with Crippen molar-refractivity contribution in [1.82, 2.24) is 5.32 Å². The van der Waals surface area contributed by atoms with Gasteiger partial charge in [0.2, 0.25) is 0 Å². The predicted molar refractivity (Wildman–Crippen MR) is 70.5 cm³/mol. The van der Waals surface area contributed by atoms with E-state index in [9.17, 15) is 0 Å². The standard InChI is InChI=1S/C13H18BrNO/c1-13(2,8-15-9-14)11-3-4-12-10(7-11)5-6-16-12/h3-4,7,15H,5-6,8-9H2,1-2H3. The van der Waals surface area contributed by atoms with Gasteiger partial charge in [-0.25, -0.2) is 0 Å². The van der Waals surface area contributed by atoms with Crippen LogP contribution < -0.4 is 10.1 Å². The number of fused-ring (bicyclic) bond motifs is 1. The second-order valence-corrected chi connectivity index (χ2v) is 5.43. The van der Waals surface area contributed by atoms with Gasteiger partial charge < -0.3 is 10.1 Å². The lowest BCUT2D eigenvalue weighted by molar-refractivity contribution is 0.356. The van der Waals surface area contributed by atoms with Crippen LogP contribution in [-0.2, 0) is 11.8 Å². The van der Waals surface area contributed by atoms with E-state index in [1.807, 2.05) is 0 Å². The predicted octanol–water partition coefficient (Wildman–Crippen LogP) is 2.84. The Balaban J connectivity index is 2.20. The number of alkyl halides is 1. The van der Waals surface area contributed by atoms with E-state index in [0.29, 0.717) is 0 Å². The zero-order valence-corrected chi connectivity index (χ0v) is 11.4. The molecule has 0 saturated carbocycles. The lowest BCUT2D eigenvalue weighted by atomic mass is 9.83. The van der Waals surface area contributed by atoms with Crippen LogP contribution in [0.2, 0.25) is 0 Å². The highest BCUT2D eigenvalue weighted by Crippen LogP contribution is 2.31. The fourth-order valence-corrected chi connectivity index (χ4v) is 2.27. The summed E-state index contributed by atoms with van der Waals surface area (Å²) in [5.74, 6) is 1.06. The zero-order chi connectivity index (χ0) is 11.6. The number of hydrogen-bond donors (Lipinski definition) is 1. The van der Waals surface area contributed by atoms with Crippen LogP contribution in [0.5, 0.6) is 5.75 Å². The Kier molecular flexibility index (Phi) is 3.55. The molecular formula is C13H18BrNO. The van der Waals surface area contributed by atoms with Gasteiger partial charge >= 0.3 is 0 Å². The molecule has 1 aromatic carbocycles. The number of hydrogen-bond acceptors (Lipinski definition) is 2. The summed E-state index contributed by atoms with van der Waals surface area (Å²) >= 11 is 3.39. The Bertz CT molecular complexity index is 376. The average molecular weight is 284 g/mol. The molecule has 0 atom stereocenters. The quantitative estimate of drug-likeness (QED) is 0.678. The average Bonchev–Trinajstić information content (AvgIpc) is 2.73. The molecule has 0 fully saturated rings. The lowest BCUT2D eigenvalue weighted by Crippen LogP contribution is -2.32. The largest absolute Gasteiger partial charge is 0.493 e. The molecule has 1 N–H and O–H groups in total. The van der Waals surface area contributed by atoms with Gasteiger partial charge in [0, 0.05) is 18.4 Å². The fraction of sp³-hybridized carbons (Fsp3) is 0.538. The summed E-state index contributed by atoms with van der Waals surface area (Å²) in [7, 11) is 0. The summed E-state index contributed by atoms with van der Waals surface area (Å²) in [4.78, 5) is 0. The monoisotopic (exact) mass is 283 g/mol. The maximum Gasteiger partial charge on any atom is 0.122 e. The van der Waals surface area contributed by atoms with E-state index in [2.05, 4.69) is 53.3 Å². The van der Waals surface area contributed by atoms with Crippen LogP contribution in [0.3, 0.4) is 0 Å². The summed E-state index contributed by atoms with van der Waals surface area (Å²) in [6.45, 7) is 6.33. The third-order valence-corrected chi connectivity index (χ3v) is 3.53. The van der Waals surface area contributed by atoms with Gasteiger partial charge in [0.15, 0.2) is 0 Å². The third kappa shape index (κ3) is 2.41. The molecule has 0 unspecified atom stereocenters. The fourth-order valence-electron chi connectivity index (χ4n) is 2.07. The molecular weight excluding hydrogens is 266 g/mol. The number of halogens is 1. The van der Waals surface area contributed by atoms with E-state index >= 15 is 0 Å². The molecule has 16 heavy (non-hydrogen) atoms. The van der Waals surface area contributed by atoms with E-state index in [1.54, 1.807) is 0 Å². The Morgan fingerprint density at radius 2 is 2.25 bits per heavy atom. The minimum Gasteiger partial charge on any atom is -0.493 e. The van der Waals surface area contributed by atoms with Crippen molar-refractivity contribution in [2.45, 2.75) is 25.7 Å². The van der Waals surface area contributed by atoms with E-state index < -0.39 is 0 Å². The van der Waals surface area contributed by atoms with Gasteiger partial charge in [-0.3, -0.25) is 0 Å². The number of rotatable bonds is 4. The maximum atomic E-state index is 5.52. The van der Waals surface area contributed by atoms with Gasteiger partial charge in [0.25, 0.3) is 0 Å². The third-order valence-electron chi connectivity index (χ3n) is 3.13. The Labute approximate surface area is 106 Å². The highest BCUT2D eigenvalue weighted by atomic mass is 79.9. The van der Waals surface area contributed by atoms with Crippen molar-refractivity contribution in [1.29, 1.82) is 0 Å². The van der Waals surface area contributed by atoms with Crippen molar-refractivity contribution in [2.75, 3.05) is 18.6 Å². The first-order chi connectivity index (χ1) is 7.63. The topological polar surface area (TPSA) is 21.3 Å². The first kappa shape index (κ1) is 11.9. The van der Waals surface area contributed by atoms with Crippen LogP contribution in [0.15, 0.2) is 18.2 Å². The second-order valence-electron chi connectivity index (χ2n) is 4.87. The van der Waals surface area contributed by atoms with Crippen molar-refractivity contribution in [3.63, 3.8) is 0 Å². The van der Waals surface area contributed by atoms with Crippen molar-refractivity contribution in [2.24, 2.45) is 0 Å². The number of ether oxygens (including phenoxy) is 1. The zero-order valence-electron chi connectivity index (χ0n) is 9.85. The SMILES string of the molecule is CC(C)(CNCBr)c1ccc2c(c1)CCO2. The molecule has 0 radical (unpaired) electrons. The molecule has 2 rings (SSSR count). The molecule has 1 aliphatic heterocycles. The summed E-state index contributed by atoms with van der Waals surface area (Å²) in [5.41, 5.74) is 3.73. The molecule has 0 saturated heterocycles. The van der Waals surface area contributed by atoms with Crippen molar-refractivity contribution in [3.8, 4) is 5.75 Å². The van der Waals surface area contributed by atoms with Crippen LogP contribution >= 0.6 is 15.9 Å². The Morgan fingerprint density at radius 1 is 1.44 bits per heavy atom. The Hall–Kier alpha value is -0.540. The van der Waals surface area contributed by atoms with Gasteiger partial charge in [0.05, 0.1) is 12.1 Å². The lowest BCUT2D eigenvalue weighted by Gasteiger charge is -2.25. The summed E-state index contributed by atoms with van der Waals surface area (Å²) in [6.07, 6.45) is 1.05. The van der Waals surface area contributed by atoms with Crippen LogP contribution in [0.1, 0.15) is 25.0 Å². The molecule has 0 amide bonds. The normalized spacial score (nSPS) is 14.7. The van der Waals surface area contributed by atoms with Crippen molar-refractivity contribution in [3.05, 3.63) is 29.3 Å². The second kappa shape index (κ2) is 4.76. The molecule has 0 spiro atoms. The number of nitrogens with one attached hydrogen (secondary N) is 1. The van der Waals surface area contributed by atoms with Crippen LogP contribution in [-0.4, -0.2) is 18.6 Å². The molecule has 3 heteroatoms. The van der Waals surface area contributed by atoms with Crippen LogP contribution in [0.25, 0.3) is 0 Å². The molecule has 0 aliphatic carbocycles. The van der Waals surface area contributed by atoms with Gasteiger partial charge in [-0.2, -0.15) is 0 Å². The van der Waals surface area contributed by atoms with Crippen molar-refractivity contribution < 1.29 is 4.74 Å². The Morgan fingerprint density at radius 3 is 3.00 bits per heavy atom. The molecule has 1 heterocycles. The van der Waals surface area contributed by atoms with Gasteiger partial charge in [0.1, 0.15) is 5.75 Å². The first-order valence-electron chi connectivity index (χ1n) is 5.66. The molecule has 1 aliphatic rings. The molecule has 0 bridgehead atoms. The smallest absolute Gasteiger partial charge is 0.122 e. The van der Waals surface area contributed by atoms with E-state index in [4.69, 9.17) is 4.74 Å². The molecule has 88 valence electrons. The summed E-state index contributed by atoms with van der Waals surface area (Å²) < 4.78 is 5.52. The van der Waals surface area contributed by atoms with E-state index in [0.717, 1.165) is 30.8 Å². The van der Waals surface area contributed by atoms with Crippen molar-refractivity contribution >= 4 is 15.9 Å². The van der Waals surface area contributed by atoms with Gasteiger partial charge in [-0.15, -0.1) is 0 Å². The maximum absolute atomic E-state index is 5.52. The molecule has 1 aromatic rings. The first-order valence-corrected chi connectivity index (χ1v) is 6.78. The summed E-state index contributed by atoms with van der Waals surface area (Å²) in [5, 5.41) is 3.34. The van der Waals surface area contributed by atoms with E-state index in [-0.39, 0.29) is 5.41 Å². The van der Waals surface area contributed by atoms with Crippen LogP contribution in [0, 0.1) is 0 Å².